The minimum Gasteiger partial charge on any atom is -0.493 e. The summed E-state index contributed by atoms with van der Waals surface area (Å²) in [6, 6.07) is 4.21. The van der Waals surface area contributed by atoms with Gasteiger partial charge in [0.1, 0.15) is 0 Å². The third kappa shape index (κ3) is 1.96. The number of fused-ring (bicyclic) bond motifs is 3. The van der Waals surface area contributed by atoms with E-state index in [1.165, 1.54) is 11.1 Å². The van der Waals surface area contributed by atoms with Gasteiger partial charge in [-0.3, -0.25) is 4.79 Å². The Hall–Kier alpha value is -1.97. The molecule has 0 aromatic heterocycles. The number of carbonyl (C=O) groups excluding carboxylic acids is 1. The molecule has 0 saturated heterocycles. The first-order valence-electron chi connectivity index (χ1n) is 6.86. The molecule has 2 aliphatic rings. The molecule has 4 nitrogen and oxygen atoms in total. The molecular weight excluding hydrogens is 254 g/mol. The number of hydrogen-bond acceptors (Lipinski definition) is 4. The minimum atomic E-state index is 0.135. The third-order valence-electron chi connectivity index (χ3n) is 4.22. The summed E-state index contributed by atoms with van der Waals surface area (Å²) in [5.41, 5.74) is 3.51. The first-order valence-corrected chi connectivity index (χ1v) is 6.86. The van der Waals surface area contributed by atoms with Crippen LogP contribution in [0.1, 0.15) is 30.5 Å². The van der Waals surface area contributed by atoms with E-state index in [9.17, 15) is 4.79 Å². The third-order valence-corrected chi connectivity index (χ3v) is 4.22. The average Bonchev–Trinajstić information content (AvgIpc) is 2.45. The Morgan fingerprint density at radius 2 is 1.90 bits per heavy atom. The van der Waals surface area contributed by atoms with Gasteiger partial charge < -0.3 is 14.4 Å². The van der Waals surface area contributed by atoms with Crippen molar-refractivity contribution in [3.05, 3.63) is 35.0 Å². The molecule has 4 heteroatoms. The molecule has 0 amide bonds. The fraction of sp³-hybridized carbons (Fsp3) is 0.438. The van der Waals surface area contributed by atoms with E-state index in [-0.39, 0.29) is 11.8 Å². The lowest BCUT2D eigenvalue weighted by atomic mass is 9.86. The van der Waals surface area contributed by atoms with E-state index in [0.29, 0.717) is 6.42 Å². The summed E-state index contributed by atoms with van der Waals surface area (Å²) in [6.07, 6.45) is 3.26. The molecule has 2 aliphatic heterocycles. The van der Waals surface area contributed by atoms with Crippen molar-refractivity contribution in [1.82, 2.24) is 4.90 Å². The van der Waals surface area contributed by atoms with Crippen LogP contribution in [0.25, 0.3) is 0 Å². The molecule has 106 valence electrons. The number of nitrogens with zero attached hydrogens (tertiary/aromatic N) is 1. The molecule has 0 spiro atoms. The van der Waals surface area contributed by atoms with E-state index in [0.717, 1.165) is 30.2 Å². The second-order valence-electron chi connectivity index (χ2n) is 5.32. The van der Waals surface area contributed by atoms with Crippen molar-refractivity contribution in [3.63, 3.8) is 0 Å². The fourth-order valence-corrected chi connectivity index (χ4v) is 3.24. The fourth-order valence-electron chi connectivity index (χ4n) is 3.24. The minimum absolute atomic E-state index is 0.135. The van der Waals surface area contributed by atoms with Crippen molar-refractivity contribution in [3.8, 4) is 11.5 Å². The number of ketones is 1. The van der Waals surface area contributed by atoms with Crippen molar-refractivity contribution in [1.29, 1.82) is 0 Å². The molecule has 0 fully saturated rings. The highest BCUT2D eigenvalue weighted by Crippen LogP contribution is 2.42. The van der Waals surface area contributed by atoms with Crippen LogP contribution in [0.5, 0.6) is 11.5 Å². The number of hydrogen-bond donors (Lipinski definition) is 0. The van der Waals surface area contributed by atoms with Crippen molar-refractivity contribution in [2.24, 2.45) is 0 Å². The second kappa shape index (κ2) is 4.85. The van der Waals surface area contributed by atoms with E-state index in [2.05, 4.69) is 4.90 Å². The second-order valence-corrected chi connectivity index (χ2v) is 5.32. The molecule has 1 aromatic rings. The van der Waals surface area contributed by atoms with Gasteiger partial charge in [0, 0.05) is 24.7 Å². The van der Waals surface area contributed by atoms with Crippen LogP contribution in [0.4, 0.5) is 0 Å². The van der Waals surface area contributed by atoms with Gasteiger partial charge in [-0.25, -0.2) is 0 Å². The maximum atomic E-state index is 11.9. The first-order chi connectivity index (χ1) is 9.63. The Kier molecular flexibility index (Phi) is 3.16. The van der Waals surface area contributed by atoms with Crippen LogP contribution >= 0.6 is 0 Å². The number of carbonyl (C=O) groups is 1. The summed E-state index contributed by atoms with van der Waals surface area (Å²) < 4.78 is 10.8. The van der Waals surface area contributed by atoms with Gasteiger partial charge in [0.25, 0.3) is 0 Å². The summed E-state index contributed by atoms with van der Waals surface area (Å²) in [5.74, 6) is 1.69. The molecule has 0 radical (unpaired) electrons. The molecule has 2 heterocycles. The zero-order valence-electron chi connectivity index (χ0n) is 12.1. The molecular formula is C16H19NO3. The largest absolute Gasteiger partial charge is 0.493 e. The Morgan fingerprint density at radius 3 is 2.60 bits per heavy atom. The van der Waals surface area contributed by atoms with Gasteiger partial charge in [0.15, 0.2) is 17.3 Å². The predicted octanol–water partition coefficient (Wildman–Crippen LogP) is 2.48. The zero-order chi connectivity index (χ0) is 14.3. The Bertz CT molecular complexity index is 592. The molecule has 20 heavy (non-hydrogen) atoms. The predicted molar refractivity (Wildman–Crippen MR) is 76.1 cm³/mol. The van der Waals surface area contributed by atoms with Crippen molar-refractivity contribution < 1.29 is 14.3 Å². The van der Waals surface area contributed by atoms with Gasteiger partial charge in [0.05, 0.1) is 20.3 Å². The number of allylic oxidation sites excluding steroid dienone is 2. The summed E-state index contributed by atoms with van der Waals surface area (Å²) in [6.45, 7) is 2.96. The van der Waals surface area contributed by atoms with E-state index in [1.807, 2.05) is 19.1 Å². The summed E-state index contributed by atoms with van der Waals surface area (Å²) in [4.78, 5) is 14.2. The lowest BCUT2D eigenvalue weighted by Gasteiger charge is -2.41. The topological polar surface area (TPSA) is 38.8 Å². The lowest BCUT2D eigenvalue weighted by Crippen LogP contribution is -2.38. The number of rotatable bonds is 2. The van der Waals surface area contributed by atoms with Crippen LogP contribution in [-0.2, 0) is 11.2 Å². The van der Waals surface area contributed by atoms with Crippen LogP contribution in [0.3, 0.4) is 0 Å². The average molecular weight is 273 g/mol. The Morgan fingerprint density at radius 1 is 1.20 bits per heavy atom. The standard InChI is InChI=1S/C16H19NO3/c1-10-6-12(18)8-14-13-9-16(20-3)15(19-2)7-11(13)4-5-17(10)14/h6-7,9,14H,4-5,8H2,1-3H3/t14-/m0/s1. The highest BCUT2D eigenvalue weighted by atomic mass is 16.5. The Balaban J connectivity index is 2.08. The highest BCUT2D eigenvalue weighted by Gasteiger charge is 2.33. The van der Waals surface area contributed by atoms with Crippen molar-refractivity contribution >= 4 is 5.78 Å². The van der Waals surface area contributed by atoms with Crippen LogP contribution in [0.2, 0.25) is 0 Å². The molecule has 0 saturated carbocycles. The molecule has 3 rings (SSSR count). The monoisotopic (exact) mass is 273 g/mol. The SMILES string of the molecule is COc1cc2c(cc1OC)[C@@H]1CC(=O)C=C(C)N1CC2. The number of benzene rings is 1. The van der Waals surface area contributed by atoms with Crippen molar-refractivity contribution in [2.45, 2.75) is 25.8 Å². The van der Waals surface area contributed by atoms with Gasteiger partial charge in [-0.1, -0.05) is 0 Å². The molecule has 0 unspecified atom stereocenters. The summed E-state index contributed by atoms with van der Waals surface area (Å²) in [5, 5.41) is 0. The van der Waals surface area contributed by atoms with Crippen LogP contribution in [0.15, 0.2) is 23.9 Å². The quantitative estimate of drug-likeness (QED) is 0.830. The van der Waals surface area contributed by atoms with Gasteiger partial charge >= 0.3 is 0 Å². The van der Waals surface area contributed by atoms with Crippen LogP contribution in [-0.4, -0.2) is 31.4 Å². The molecule has 1 aromatic carbocycles. The summed E-state index contributed by atoms with van der Waals surface area (Å²) in [7, 11) is 3.29. The normalized spacial score (nSPS) is 20.9. The molecule has 1 atom stereocenters. The lowest BCUT2D eigenvalue weighted by molar-refractivity contribution is -0.116. The number of methoxy groups -OCH3 is 2. The van der Waals surface area contributed by atoms with E-state index in [4.69, 9.17) is 9.47 Å². The van der Waals surface area contributed by atoms with Crippen molar-refractivity contribution in [2.75, 3.05) is 20.8 Å². The zero-order valence-corrected chi connectivity index (χ0v) is 12.1. The van der Waals surface area contributed by atoms with Gasteiger partial charge in [-0.2, -0.15) is 0 Å². The van der Waals surface area contributed by atoms with Gasteiger partial charge in [-0.15, -0.1) is 0 Å². The first kappa shape index (κ1) is 13.0. The highest BCUT2D eigenvalue weighted by molar-refractivity contribution is 5.91. The van der Waals surface area contributed by atoms with Gasteiger partial charge in [0.2, 0.25) is 0 Å². The smallest absolute Gasteiger partial charge is 0.161 e. The van der Waals surface area contributed by atoms with Gasteiger partial charge in [-0.05, 0) is 36.6 Å². The molecule has 0 N–H and O–H groups in total. The van der Waals surface area contributed by atoms with E-state index >= 15 is 0 Å². The maximum absolute atomic E-state index is 11.9. The summed E-state index contributed by atoms with van der Waals surface area (Å²) >= 11 is 0. The van der Waals surface area contributed by atoms with Crippen LogP contribution in [0, 0.1) is 0 Å². The molecule has 0 aliphatic carbocycles. The maximum Gasteiger partial charge on any atom is 0.161 e. The molecule has 0 bridgehead atoms. The Labute approximate surface area is 119 Å². The number of ether oxygens (including phenoxy) is 2. The van der Waals surface area contributed by atoms with Crippen LogP contribution < -0.4 is 9.47 Å². The van der Waals surface area contributed by atoms with E-state index < -0.39 is 0 Å². The van der Waals surface area contributed by atoms with E-state index in [1.54, 1.807) is 20.3 Å².